The quantitative estimate of drug-likeness (QED) is 0.565. The fourth-order valence-corrected chi connectivity index (χ4v) is 1.29. The minimum absolute atomic E-state index is 0.341. The maximum absolute atomic E-state index is 11.3. The normalized spacial score (nSPS) is 9.94. The summed E-state index contributed by atoms with van der Waals surface area (Å²) in [5, 5.41) is 0. The van der Waals surface area contributed by atoms with E-state index in [0.29, 0.717) is 18.8 Å². The fourth-order valence-electron chi connectivity index (χ4n) is 1.29. The Bertz CT molecular complexity index is 360. The van der Waals surface area contributed by atoms with Gasteiger partial charge in [0.25, 0.3) is 0 Å². The van der Waals surface area contributed by atoms with Crippen molar-refractivity contribution in [2.24, 2.45) is 0 Å². The van der Waals surface area contributed by atoms with Gasteiger partial charge in [0.1, 0.15) is 12.4 Å². The standard InChI is InChI=1S/C12H16O4/c1-9-8-10(12(13)15-3)4-5-11(9)16-7-6-14-2/h4-5,8H,6-7H2,1-3H3. The third-order valence-electron chi connectivity index (χ3n) is 2.14. The summed E-state index contributed by atoms with van der Waals surface area (Å²) >= 11 is 0. The molecule has 1 rings (SSSR count). The van der Waals surface area contributed by atoms with Crippen LogP contribution in [0.5, 0.6) is 5.75 Å². The predicted octanol–water partition coefficient (Wildman–Crippen LogP) is 1.81. The molecule has 88 valence electrons. The van der Waals surface area contributed by atoms with Gasteiger partial charge in [-0.25, -0.2) is 4.79 Å². The molecular weight excluding hydrogens is 208 g/mol. The average Bonchev–Trinajstić information content (AvgIpc) is 2.30. The van der Waals surface area contributed by atoms with Gasteiger partial charge >= 0.3 is 5.97 Å². The third-order valence-corrected chi connectivity index (χ3v) is 2.14. The molecule has 0 spiro atoms. The lowest BCUT2D eigenvalue weighted by molar-refractivity contribution is 0.0600. The van der Waals surface area contributed by atoms with Crippen molar-refractivity contribution in [3.05, 3.63) is 29.3 Å². The molecule has 4 nitrogen and oxygen atoms in total. The van der Waals surface area contributed by atoms with E-state index in [2.05, 4.69) is 4.74 Å². The molecule has 4 heteroatoms. The summed E-state index contributed by atoms with van der Waals surface area (Å²) < 4.78 is 15.0. The van der Waals surface area contributed by atoms with Crippen LogP contribution in [0, 0.1) is 6.92 Å². The number of carbonyl (C=O) groups is 1. The second-order valence-electron chi connectivity index (χ2n) is 3.31. The predicted molar refractivity (Wildman–Crippen MR) is 59.9 cm³/mol. The zero-order chi connectivity index (χ0) is 12.0. The van der Waals surface area contributed by atoms with Crippen molar-refractivity contribution in [2.45, 2.75) is 6.92 Å². The maximum Gasteiger partial charge on any atom is 0.337 e. The highest BCUT2D eigenvalue weighted by atomic mass is 16.5. The highest BCUT2D eigenvalue weighted by molar-refractivity contribution is 5.89. The minimum atomic E-state index is -0.341. The van der Waals surface area contributed by atoms with Crippen molar-refractivity contribution < 1.29 is 19.0 Å². The van der Waals surface area contributed by atoms with Crippen molar-refractivity contribution in [2.75, 3.05) is 27.4 Å². The van der Waals surface area contributed by atoms with Gasteiger partial charge in [-0.05, 0) is 30.7 Å². The zero-order valence-electron chi connectivity index (χ0n) is 9.78. The summed E-state index contributed by atoms with van der Waals surface area (Å²) in [5.41, 5.74) is 1.43. The Kier molecular flexibility index (Phi) is 4.79. The lowest BCUT2D eigenvalue weighted by Crippen LogP contribution is -2.06. The van der Waals surface area contributed by atoms with Crippen LogP contribution in [0.1, 0.15) is 15.9 Å². The molecule has 0 saturated carbocycles. The number of aryl methyl sites for hydroxylation is 1. The van der Waals surface area contributed by atoms with E-state index in [1.165, 1.54) is 7.11 Å². The van der Waals surface area contributed by atoms with Crippen molar-refractivity contribution in [1.29, 1.82) is 0 Å². The number of benzene rings is 1. The Morgan fingerprint density at radius 3 is 2.56 bits per heavy atom. The zero-order valence-corrected chi connectivity index (χ0v) is 9.78. The van der Waals surface area contributed by atoms with E-state index in [-0.39, 0.29) is 5.97 Å². The summed E-state index contributed by atoms with van der Waals surface area (Å²) in [7, 11) is 2.98. The van der Waals surface area contributed by atoms with Crippen molar-refractivity contribution >= 4 is 5.97 Å². The van der Waals surface area contributed by atoms with Crippen LogP contribution in [-0.2, 0) is 9.47 Å². The summed E-state index contributed by atoms with van der Waals surface area (Å²) in [6.45, 7) is 2.92. The molecule has 16 heavy (non-hydrogen) atoms. The maximum atomic E-state index is 11.3. The fraction of sp³-hybridized carbons (Fsp3) is 0.417. The van der Waals surface area contributed by atoms with Gasteiger partial charge in [-0.2, -0.15) is 0 Å². The second kappa shape index (κ2) is 6.12. The van der Waals surface area contributed by atoms with E-state index in [1.807, 2.05) is 6.92 Å². The molecular formula is C12H16O4. The summed E-state index contributed by atoms with van der Waals surface area (Å²) in [5.74, 6) is 0.413. The number of ether oxygens (including phenoxy) is 3. The Balaban J connectivity index is 2.71. The molecule has 0 atom stereocenters. The van der Waals surface area contributed by atoms with Crippen LogP contribution in [0.25, 0.3) is 0 Å². The molecule has 0 aromatic heterocycles. The van der Waals surface area contributed by atoms with Crippen molar-refractivity contribution in [3.8, 4) is 5.75 Å². The van der Waals surface area contributed by atoms with Crippen LogP contribution < -0.4 is 4.74 Å². The van der Waals surface area contributed by atoms with Gasteiger partial charge in [-0.3, -0.25) is 0 Å². The number of hydrogen-bond acceptors (Lipinski definition) is 4. The molecule has 0 heterocycles. The smallest absolute Gasteiger partial charge is 0.337 e. The monoisotopic (exact) mass is 224 g/mol. The van der Waals surface area contributed by atoms with Gasteiger partial charge in [0.15, 0.2) is 0 Å². The van der Waals surface area contributed by atoms with Crippen LogP contribution >= 0.6 is 0 Å². The van der Waals surface area contributed by atoms with Crippen LogP contribution in [-0.4, -0.2) is 33.4 Å². The molecule has 0 fully saturated rings. The molecule has 0 unspecified atom stereocenters. The first-order valence-corrected chi connectivity index (χ1v) is 4.99. The van der Waals surface area contributed by atoms with Gasteiger partial charge in [-0.1, -0.05) is 0 Å². The highest BCUT2D eigenvalue weighted by Gasteiger charge is 2.07. The van der Waals surface area contributed by atoms with Crippen molar-refractivity contribution in [3.63, 3.8) is 0 Å². The van der Waals surface area contributed by atoms with E-state index in [4.69, 9.17) is 9.47 Å². The molecule has 0 N–H and O–H groups in total. The van der Waals surface area contributed by atoms with E-state index < -0.39 is 0 Å². The first-order chi connectivity index (χ1) is 7.69. The Labute approximate surface area is 95.1 Å². The summed E-state index contributed by atoms with van der Waals surface area (Å²) in [6, 6.07) is 5.19. The molecule has 1 aromatic carbocycles. The minimum Gasteiger partial charge on any atom is -0.491 e. The number of hydrogen-bond donors (Lipinski definition) is 0. The number of rotatable bonds is 5. The van der Waals surface area contributed by atoms with E-state index in [9.17, 15) is 4.79 Å². The molecule has 0 aliphatic heterocycles. The summed E-state index contributed by atoms with van der Waals surface area (Å²) in [4.78, 5) is 11.3. The highest BCUT2D eigenvalue weighted by Crippen LogP contribution is 2.19. The molecule has 0 aliphatic carbocycles. The van der Waals surface area contributed by atoms with Gasteiger partial charge in [-0.15, -0.1) is 0 Å². The largest absolute Gasteiger partial charge is 0.491 e. The van der Waals surface area contributed by atoms with Crippen LogP contribution in [0.4, 0.5) is 0 Å². The second-order valence-corrected chi connectivity index (χ2v) is 3.31. The lowest BCUT2D eigenvalue weighted by atomic mass is 10.1. The molecule has 0 radical (unpaired) electrons. The number of carbonyl (C=O) groups excluding carboxylic acids is 1. The Morgan fingerprint density at radius 2 is 2.00 bits per heavy atom. The summed E-state index contributed by atoms with van der Waals surface area (Å²) in [6.07, 6.45) is 0. The van der Waals surface area contributed by atoms with E-state index >= 15 is 0 Å². The molecule has 1 aromatic rings. The van der Waals surface area contributed by atoms with Gasteiger partial charge in [0, 0.05) is 7.11 Å². The van der Waals surface area contributed by atoms with Crippen LogP contribution in [0.15, 0.2) is 18.2 Å². The van der Waals surface area contributed by atoms with Crippen molar-refractivity contribution in [1.82, 2.24) is 0 Å². The number of methoxy groups -OCH3 is 2. The lowest BCUT2D eigenvalue weighted by Gasteiger charge is -2.09. The first kappa shape index (κ1) is 12.5. The third kappa shape index (κ3) is 3.24. The van der Waals surface area contributed by atoms with E-state index in [0.717, 1.165) is 11.3 Å². The van der Waals surface area contributed by atoms with Crippen LogP contribution in [0.2, 0.25) is 0 Å². The van der Waals surface area contributed by atoms with Gasteiger partial charge in [0.05, 0.1) is 19.3 Å². The number of esters is 1. The van der Waals surface area contributed by atoms with E-state index in [1.54, 1.807) is 25.3 Å². The van der Waals surface area contributed by atoms with Crippen LogP contribution in [0.3, 0.4) is 0 Å². The Hall–Kier alpha value is -1.55. The SMILES string of the molecule is COCCOc1ccc(C(=O)OC)cc1C. The molecule has 0 bridgehead atoms. The topological polar surface area (TPSA) is 44.8 Å². The van der Waals surface area contributed by atoms with Gasteiger partial charge in [0.2, 0.25) is 0 Å². The molecule has 0 saturated heterocycles. The average molecular weight is 224 g/mol. The first-order valence-electron chi connectivity index (χ1n) is 4.99. The molecule has 0 aliphatic rings. The molecule has 0 amide bonds. The van der Waals surface area contributed by atoms with Gasteiger partial charge < -0.3 is 14.2 Å². The Morgan fingerprint density at radius 1 is 1.25 bits per heavy atom.